The van der Waals surface area contributed by atoms with Crippen molar-refractivity contribution in [2.24, 2.45) is 10.8 Å². The lowest BCUT2D eigenvalue weighted by atomic mass is 9.55. The molecule has 0 saturated heterocycles. The maximum Gasteiger partial charge on any atom is 0.488 e. The summed E-state index contributed by atoms with van der Waals surface area (Å²) in [6.45, 7) is 6.04. The van der Waals surface area contributed by atoms with Crippen molar-refractivity contribution in [3.63, 3.8) is 0 Å². The van der Waals surface area contributed by atoms with Crippen LogP contribution in [-0.2, 0) is 15.3 Å². The van der Waals surface area contributed by atoms with E-state index in [9.17, 15) is 17.1 Å². The summed E-state index contributed by atoms with van der Waals surface area (Å²) in [5.41, 5.74) is -0.0727. The summed E-state index contributed by atoms with van der Waals surface area (Å²) in [5.74, 6) is -0.474. The second-order valence-corrected chi connectivity index (χ2v) is 7.37. The molecule has 0 spiro atoms. The van der Waals surface area contributed by atoms with Crippen molar-refractivity contribution < 1.29 is 21.3 Å². The highest BCUT2D eigenvalue weighted by Gasteiger charge is 2.50. The first kappa shape index (κ1) is 15.7. The van der Waals surface area contributed by atoms with E-state index in [1.54, 1.807) is 0 Å². The average molecular weight is 316 g/mol. The Labute approximate surface area is 123 Å². The quantitative estimate of drug-likeness (QED) is 0.862. The van der Waals surface area contributed by atoms with Gasteiger partial charge in [-0.3, -0.25) is 9.78 Å². The highest BCUT2D eigenvalue weighted by molar-refractivity contribution is 7.81. The van der Waals surface area contributed by atoms with Gasteiger partial charge in [-0.05, 0) is 18.3 Å². The molecule has 21 heavy (non-hydrogen) atoms. The van der Waals surface area contributed by atoms with Crippen LogP contribution in [0.3, 0.4) is 0 Å². The van der Waals surface area contributed by atoms with Gasteiger partial charge in [0, 0.05) is 11.5 Å². The van der Waals surface area contributed by atoms with Gasteiger partial charge in [0.15, 0.2) is 5.75 Å². The summed E-state index contributed by atoms with van der Waals surface area (Å²) >= 11 is 0. The first-order valence-corrected chi connectivity index (χ1v) is 7.71. The lowest BCUT2D eigenvalue weighted by Crippen LogP contribution is -2.48. The normalized spacial score (nSPS) is 19.4. The Kier molecular flexibility index (Phi) is 3.69. The molecule has 0 unspecified atom stereocenters. The minimum atomic E-state index is -5.11. The Morgan fingerprint density at radius 1 is 1.33 bits per heavy atom. The number of hydrogen-bond acceptors (Lipinski definition) is 5. The molecule has 0 bridgehead atoms. The van der Waals surface area contributed by atoms with E-state index in [1.165, 1.54) is 12.3 Å². The molecule has 1 saturated carbocycles. The third-order valence-corrected chi connectivity index (χ3v) is 3.84. The molecule has 1 aliphatic rings. The van der Waals surface area contributed by atoms with Crippen molar-refractivity contribution >= 4 is 22.1 Å². The second-order valence-electron chi connectivity index (χ2n) is 6.42. The van der Waals surface area contributed by atoms with Gasteiger partial charge in [0.25, 0.3) is 0 Å². The Morgan fingerprint density at radius 2 is 1.95 bits per heavy atom. The first-order chi connectivity index (χ1) is 9.49. The number of anilines is 1. The molecule has 1 fully saturated rings. The van der Waals surface area contributed by atoms with Crippen LogP contribution in [0.25, 0.3) is 0 Å². The average Bonchev–Trinajstić information content (AvgIpc) is 2.23. The fraction of sp³-hybridized carbons (Fsp3) is 0.538. The number of aromatic nitrogens is 1. The zero-order chi connectivity index (χ0) is 15.9. The van der Waals surface area contributed by atoms with E-state index in [4.69, 9.17) is 0 Å². The minimum absolute atomic E-state index is 0.137. The highest BCUT2D eigenvalue weighted by Crippen LogP contribution is 2.54. The predicted molar refractivity (Wildman–Crippen MR) is 74.6 cm³/mol. The number of nitrogens with one attached hydrogen (secondary N) is 1. The molecule has 1 heterocycles. The van der Waals surface area contributed by atoms with Crippen LogP contribution in [0.5, 0.6) is 5.75 Å². The van der Waals surface area contributed by atoms with E-state index in [-0.39, 0.29) is 22.8 Å². The molecule has 1 N–H and O–H groups in total. The molecule has 0 aliphatic heterocycles. The van der Waals surface area contributed by atoms with Crippen LogP contribution in [0, 0.1) is 10.8 Å². The number of hydrogen-bond donors (Lipinski definition) is 1. The van der Waals surface area contributed by atoms with E-state index in [0.717, 1.165) is 19.0 Å². The van der Waals surface area contributed by atoms with Crippen LogP contribution in [0.4, 0.5) is 9.57 Å². The number of rotatable bonds is 4. The molecule has 0 radical (unpaired) electrons. The Bertz CT molecular complexity index is 665. The molecule has 1 amide bonds. The number of nitrogens with zero attached hydrogens (tertiary/aromatic N) is 1. The SMILES string of the molecule is CC1(C)CC(C)(C(=O)Nc2cncc(OS(=O)(=O)F)c2)C1. The summed E-state index contributed by atoms with van der Waals surface area (Å²) in [6, 6.07) is 1.20. The molecular formula is C13H17FN2O4S. The number of halogens is 1. The zero-order valence-corrected chi connectivity index (χ0v) is 12.8. The van der Waals surface area contributed by atoms with Crippen molar-refractivity contribution in [2.45, 2.75) is 33.6 Å². The fourth-order valence-corrected chi connectivity index (χ4v) is 3.47. The van der Waals surface area contributed by atoms with E-state index in [2.05, 4.69) is 28.3 Å². The monoisotopic (exact) mass is 316 g/mol. The number of pyridine rings is 1. The molecule has 0 aromatic carbocycles. The highest BCUT2D eigenvalue weighted by atomic mass is 32.3. The van der Waals surface area contributed by atoms with E-state index in [0.29, 0.717) is 0 Å². The molecule has 6 nitrogen and oxygen atoms in total. The lowest BCUT2D eigenvalue weighted by Gasteiger charge is -2.49. The van der Waals surface area contributed by atoms with Gasteiger partial charge in [-0.2, -0.15) is 8.42 Å². The van der Waals surface area contributed by atoms with E-state index < -0.39 is 15.9 Å². The first-order valence-electron chi connectivity index (χ1n) is 6.40. The van der Waals surface area contributed by atoms with Crippen molar-refractivity contribution in [2.75, 3.05) is 5.32 Å². The molecule has 1 aromatic rings. The van der Waals surface area contributed by atoms with Gasteiger partial charge in [0.1, 0.15) is 0 Å². The molecule has 0 atom stereocenters. The van der Waals surface area contributed by atoms with Gasteiger partial charge in [0.2, 0.25) is 5.91 Å². The number of amides is 1. The van der Waals surface area contributed by atoms with Crippen LogP contribution < -0.4 is 9.50 Å². The van der Waals surface area contributed by atoms with E-state index >= 15 is 0 Å². The maximum absolute atomic E-state index is 12.4. The summed E-state index contributed by atoms with van der Waals surface area (Å²) in [5, 5.41) is 2.65. The summed E-state index contributed by atoms with van der Waals surface area (Å²) in [4.78, 5) is 15.9. The topological polar surface area (TPSA) is 85.4 Å². The smallest absolute Gasteiger partial charge is 0.357 e. The third kappa shape index (κ3) is 3.90. The van der Waals surface area contributed by atoms with Crippen LogP contribution in [0.2, 0.25) is 0 Å². The van der Waals surface area contributed by atoms with Gasteiger partial charge in [-0.25, -0.2) is 0 Å². The van der Waals surface area contributed by atoms with Crippen molar-refractivity contribution in [3.8, 4) is 5.75 Å². The van der Waals surface area contributed by atoms with Crippen molar-refractivity contribution in [3.05, 3.63) is 18.5 Å². The predicted octanol–water partition coefficient (Wildman–Crippen LogP) is 2.44. The summed E-state index contributed by atoms with van der Waals surface area (Å²) < 4.78 is 37.3. The van der Waals surface area contributed by atoms with Crippen molar-refractivity contribution in [1.29, 1.82) is 0 Å². The van der Waals surface area contributed by atoms with Crippen LogP contribution >= 0.6 is 0 Å². The second kappa shape index (κ2) is 4.94. The molecule has 116 valence electrons. The van der Waals surface area contributed by atoms with Gasteiger partial charge >= 0.3 is 10.5 Å². The van der Waals surface area contributed by atoms with E-state index in [1.807, 2.05) is 6.92 Å². The van der Waals surface area contributed by atoms with Crippen LogP contribution in [0.1, 0.15) is 33.6 Å². The lowest BCUT2D eigenvalue weighted by molar-refractivity contribution is -0.136. The summed E-state index contributed by atoms with van der Waals surface area (Å²) in [7, 11) is -5.11. The molecule has 1 aliphatic carbocycles. The van der Waals surface area contributed by atoms with Gasteiger partial charge in [-0.1, -0.05) is 24.7 Å². The Hall–Kier alpha value is -1.70. The van der Waals surface area contributed by atoms with Gasteiger partial charge in [-0.15, -0.1) is 0 Å². The van der Waals surface area contributed by atoms with Gasteiger partial charge < -0.3 is 9.50 Å². The number of carbonyl (C=O) groups excluding carboxylic acids is 1. The zero-order valence-electron chi connectivity index (χ0n) is 12.0. The Balaban J connectivity index is 2.07. The molecule has 1 aromatic heterocycles. The van der Waals surface area contributed by atoms with Crippen LogP contribution in [-0.4, -0.2) is 19.3 Å². The Morgan fingerprint density at radius 3 is 2.48 bits per heavy atom. The largest absolute Gasteiger partial charge is 0.488 e. The van der Waals surface area contributed by atoms with Crippen molar-refractivity contribution in [1.82, 2.24) is 4.98 Å². The van der Waals surface area contributed by atoms with Gasteiger partial charge in [0.05, 0.1) is 18.1 Å². The molecule has 2 rings (SSSR count). The maximum atomic E-state index is 12.4. The summed E-state index contributed by atoms with van der Waals surface area (Å²) in [6.07, 6.45) is 3.90. The molecular weight excluding hydrogens is 299 g/mol. The standard InChI is InChI=1S/C13H17FN2O4S/c1-12(2)7-13(3,8-12)11(17)16-9-4-10(6-15-5-9)20-21(14,18)19/h4-6H,7-8H2,1-3H3,(H,16,17). The fourth-order valence-electron chi connectivity index (χ4n) is 3.15. The third-order valence-electron chi connectivity index (χ3n) is 3.45. The minimum Gasteiger partial charge on any atom is -0.357 e. The number of carbonyl (C=O) groups is 1. The van der Waals surface area contributed by atoms with Crippen LogP contribution in [0.15, 0.2) is 18.5 Å². The molecule has 8 heteroatoms.